The van der Waals surface area contributed by atoms with Gasteiger partial charge in [-0.3, -0.25) is 0 Å². The molecule has 2 aliphatic rings. The van der Waals surface area contributed by atoms with Gasteiger partial charge in [-0.05, 0) is 51.4 Å². The normalized spacial score (nSPS) is 38.8. The van der Waals surface area contributed by atoms with Crippen molar-refractivity contribution >= 4 is 11.6 Å². The first-order chi connectivity index (χ1) is 7.55. The summed E-state index contributed by atoms with van der Waals surface area (Å²) < 4.78 is 0. The molecule has 1 saturated carbocycles. The summed E-state index contributed by atoms with van der Waals surface area (Å²) in [6, 6.07) is 0. The zero-order valence-electron chi connectivity index (χ0n) is 10.3. The molecule has 3 heteroatoms. The van der Waals surface area contributed by atoms with Crippen LogP contribution in [0.25, 0.3) is 0 Å². The lowest BCUT2D eigenvalue weighted by molar-refractivity contribution is 0.0699. The smallest absolute Gasteiger partial charge is 0.0564 e. The van der Waals surface area contributed by atoms with Crippen molar-refractivity contribution in [2.75, 3.05) is 19.6 Å². The van der Waals surface area contributed by atoms with E-state index in [1.165, 1.54) is 19.4 Å². The van der Waals surface area contributed by atoms with E-state index < -0.39 is 0 Å². The van der Waals surface area contributed by atoms with Crippen LogP contribution in [0, 0.1) is 5.92 Å². The molecule has 0 unspecified atom stereocenters. The third-order valence-corrected chi connectivity index (χ3v) is 4.60. The van der Waals surface area contributed by atoms with Gasteiger partial charge in [-0.25, -0.2) is 0 Å². The maximum atomic E-state index is 9.46. The van der Waals surface area contributed by atoms with Crippen molar-refractivity contribution in [3.63, 3.8) is 0 Å². The van der Waals surface area contributed by atoms with Gasteiger partial charge in [-0.2, -0.15) is 0 Å². The monoisotopic (exact) mass is 245 g/mol. The van der Waals surface area contributed by atoms with Crippen LogP contribution in [-0.4, -0.2) is 40.6 Å². The molecule has 0 aromatic heterocycles. The molecule has 1 aliphatic carbocycles. The molecule has 1 heterocycles. The van der Waals surface area contributed by atoms with Gasteiger partial charge in [0.05, 0.1) is 6.10 Å². The molecule has 1 N–H and O–H groups in total. The first kappa shape index (κ1) is 12.7. The quantitative estimate of drug-likeness (QED) is 0.757. The molecule has 2 fully saturated rings. The Balaban J connectivity index is 1.71. The molecule has 94 valence electrons. The number of aliphatic hydroxyl groups is 1. The lowest BCUT2D eigenvalue weighted by Crippen LogP contribution is -2.40. The highest BCUT2D eigenvalue weighted by Crippen LogP contribution is 2.36. The van der Waals surface area contributed by atoms with Gasteiger partial charge in [-0.1, -0.05) is 0 Å². The largest absolute Gasteiger partial charge is 0.393 e. The molecule has 1 saturated heterocycles. The molecular weight excluding hydrogens is 222 g/mol. The number of aliphatic hydroxyl groups excluding tert-OH is 1. The van der Waals surface area contributed by atoms with Gasteiger partial charge in [0.15, 0.2) is 0 Å². The van der Waals surface area contributed by atoms with Crippen LogP contribution in [0.3, 0.4) is 0 Å². The zero-order valence-corrected chi connectivity index (χ0v) is 11.0. The Labute approximate surface area is 104 Å². The number of nitrogens with zero attached hydrogens (tertiary/aromatic N) is 1. The fourth-order valence-corrected chi connectivity index (χ4v) is 3.15. The van der Waals surface area contributed by atoms with Crippen molar-refractivity contribution in [2.45, 2.75) is 56.4 Å². The first-order valence-electron chi connectivity index (χ1n) is 6.64. The highest BCUT2D eigenvalue weighted by molar-refractivity contribution is 6.23. The average molecular weight is 246 g/mol. The number of likely N-dealkylation sites (tertiary alicyclic amines) is 1. The van der Waals surface area contributed by atoms with Gasteiger partial charge in [0.1, 0.15) is 0 Å². The molecule has 1 aliphatic heterocycles. The number of hydrogen-bond donors (Lipinski definition) is 1. The minimum absolute atomic E-state index is 0.0475. The maximum Gasteiger partial charge on any atom is 0.0564 e. The lowest BCUT2D eigenvalue weighted by Gasteiger charge is -2.37. The van der Waals surface area contributed by atoms with Crippen molar-refractivity contribution < 1.29 is 5.11 Å². The van der Waals surface area contributed by atoms with E-state index in [4.69, 9.17) is 11.6 Å². The SMILES string of the molecule is CC1(Cl)CCC(CN2CCC(O)CC2)CC1. The van der Waals surface area contributed by atoms with Crippen LogP contribution >= 0.6 is 11.6 Å². The van der Waals surface area contributed by atoms with Crippen molar-refractivity contribution in [3.8, 4) is 0 Å². The molecule has 0 aromatic carbocycles. The molecule has 0 aromatic rings. The molecule has 0 spiro atoms. The minimum Gasteiger partial charge on any atom is -0.393 e. The minimum atomic E-state index is -0.0475. The Bertz CT molecular complexity index is 214. The van der Waals surface area contributed by atoms with E-state index in [2.05, 4.69) is 11.8 Å². The van der Waals surface area contributed by atoms with Gasteiger partial charge in [-0.15, -0.1) is 11.6 Å². The van der Waals surface area contributed by atoms with Crippen LogP contribution in [0.15, 0.2) is 0 Å². The standard InChI is InChI=1S/C13H24ClNO/c1-13(14)6-2-11(3-7-13)10-15-8-4-12(16)5-9-15/h11-12,16H,2-10H2,1H3. The van der Waals surface area contributed by atoms with Crippen molar-refractivity contribution in [1.82, 2.24) is 4.90 Å². The summed E-state index contributed by atoms with van der Waals surface area (Å²) in [7, 11) is 0. The average Bonchev–Trinajstić information content (AvgIpc) is 2.24. The predicted octanol–water partition coefficient (Wildman–Crippen LogP) is 2.63. The summed E-state index contributed by atoms with van der Waals surface area (Å²) in [5, 5.41) is 9.46. The van der Waals surface area contributed by atoms with Crippen molar-refractivity contribution in [3.05, 3.63) is 0 Å². The molecule has 2 nitrogen and oxygen atoms in total. The summed E-state index contributed by atoms with van der Waals surface area (Å²) in [5.41, 5.74) is 0. The number of halogens is 1. The van der Waals surface area contributed by atoms with Crippen molar-refractivity contribution in [2.24, 2.45) is 5.92 Å². The Morgan fingerprint density at radius 1 is 1.19 bits per heavy atom. The molecule has 0 bridgehead atoms. The second-order valence-corrected chi connectivity index (χ2v) is 6.80. The Morgan fingerprint density at radius 2 is 1.75 bits per heavy atom. The van der Waals surface area contributed by atoms with Crippen LogP contribution in [0.4, 0.5) is 0 Å². The Hall–Kier alpha value is 0.210. The molecule has 2 rings (SSSR count). The van der Waals surface area contributed by atoms with E-state index in [-0.39, 0.29) is 11.0 Å². The van der Waals surface area contributed by atoms with Crippen LogP contribution in [-0.2, 0) is 0 Å². The van der Waals surface area contributed by atoms with Crippen LogP contribution in [0.5, 0.6) is 0 Å². The molecular formula is C13H24ClNO. The second kappa shape index (κ2) is 5.24. The molecule has 0 amide bonds. The third-order valence-electron chi connectivity index (χ3n) is 4.22. The highest BCUT2D eigenvalue weighted by Gasteiger charge is 2.30. The number of rotatable bonds is 2. The van der Waals surface area contributed by atoms with E-state index in [0.717, 1.165) is 44.7 Å². The summed E-state index contributed by atoms with van der Waals surface area (Å²) >= 11 is 6.35. The molecule has 0 atom stereocenters. The number of hydrogen-bond acceptors (Lipinski definition) is 2. The van der Waals surface area contributed by atoms with E-state index in [1.54, 1.807) is 0 Å². The van der Waals surface area contributed by atoms with Gasteiger partial charge in [0, 0.05) is 24.5 Å². The molecule has 16 heavy (non-hydrogen) atoms. The topological polar surface area (TPSA) is 23.5 Å². The summed E-state index contributed by atoms with van der Waals surface area (Å²) in [5.74, 6) is 0.835. The fraction of sp³-hybridized carbons (Fsp3) is 1.00. The molecule has 0 radical (unpaired) electrons. The van der Waals surface area contributed by atoms with Crippen molar-refractivity contribution in [1.29, 1.82) is 0 Å². The van der Waals surface area contributed by atoms with Gasteiger partial charge in [0.25, 0.3) is 0 Å². The van der Waals surface area contributed by atoms with Gasteiger partial charge in [0.2, 0.25) is 0 Å². The van der Waals surface area contributed by atoms with Gasteiger partial charge >= 0.3 is 0 Å². The van der Waals surface area contributed by atoms with Crippen LogP contribution in [0.1, 0.15) is 45.4 Å². The van der Waals surface area contributed by atoms with E-state index in [1.807, 2.05) is 0 Å². The predicted molar refractivity (Wildman–Crippen MR) is 67.9 cm³/mol. The van der Waals surface area contributed by atoms with Crippen LogP contribution in [0.2, 0.25) is 0 Å². The van der Waals surface area contributed by atoms with E-state index in [9.17, 15) is 5.11 Å². The maximum absolute atomic E-state index is 9.46. The third kappa shape index (κ3) is 3.61. The summed E-state index contributed by atoms with van der Waals surface area (Å²) in [6.45, 7) is 5.55. The summed E-state index contributed by atoms with van der Waals surface area (Å²) in [6.07, 6.45) is 6.75. The van der Waals surface area contributed by atoms with E-state index in [0.29, 0.717) is 0 Å². The lowest BCUT2D eigenvalue weighted by atomic mass is 9.82. The second-order valence-electron chi connectivity index (χ2n) is 5.89. The first-order valence-corrected chi connectivity index (χ1v) is 7.02. The number of alkyl halides is 1. The highest BCUT2D eigenvalue weighted by atomic mass is 35.5. The Morgan fingerprint density at radius 3 is 2.31 bits per heavy atom. The summed E-state index contributed by atoms with van der Waals surface area (Å²) in [4.78, 5) is 2.59. The number of piperidine rings is 1. The fourth-order valence-electron chi connectivity index (χ4n) is 2.93. The Kier molecular flexibility index (Phi) is 4.15. The van der Waals surface area contributed by atoms with Crippen LogP contribution < -0.4 is 0 Å². The van der Waals surface area contributed by atoms with E-state index >= 15 is 0 Å². The van der Waals surface area contributed by atoms with Gasteiger partial charge < -0.3 is 10.0 Å². The zero-order chi connectivity index (χ0) is 11.6.